The van der Waals surface area contributed by atoms with Gasteiger partial charge in [0, 0.05) is 24.3 Å². The van der Waals surface area contributed by atoms with Gasteiger partial charge in [-0.2, -0.15) is 0 Å². The number of benzene rings is 2. The number of methoxy groups -OCH3 is 1. The average Bonchev–Trinajstić information content (AvgIpc) is 2.60. The predicted octanol–water partition coefficient (Wildman–Crippen LogP) is 3.74. The van der Waals surface area contributed by atoms with Crippen LogP contribution < -0.4 is 0 Å². The summed E-state index contributed by atoms with van der Waals surface area (Å²) in [6.07, 6.45) is 1.74. The summed E-state index contributed by atoms with van der Waals surface area (Å²) in [5.41, 5.74) is 3.21. The Hall–Kier alpha value is -2.72. The highest BCUT2D eigenvalue weighted by Gasteiger charge is 2.10. The van der Waals surface area contributed by atoms with Gasteiger partial charge in [-0.1, -0.05) is 36.4 Å². The van der Waals surface area contributed by atoms with Crippen molar-refractivity contribution >= 4 is 16.9 Å². The molecule has 116 valence electrons. The Kier molecular flexibility index (Phi) is 4.64. The van der Waals surface area contributed by atoms with Gasteiger partial charge >= 0.3 is 5.97 Å². The van der Waals surface area contributed by atoms with Gasteiger partial charge in [0.05, 0.1) is 17.7 Å². The van der Waals surface area contributed by atoms with Crippen LogP contribution in [0.3, 0.4) is 0 Å². The van der Waals surface area contributed by atoms with Gasteiger partial charge in [0.1, 0.15) is 6.61 Å². The van der Waals surface area contributed by atoms with Gasteiger partial charge < -0.3 is 9.47 Å². The third kappa shape index (κ3) is 3.55. The van der Waals surface area contributed by atoms with Gasteiger partial charge in [-0.15, -0.1) is 0 Å². The first-order valence-electron chi connectivity index (χ1n) is 7.35. The Morgan fingerprint density at radius 3 is 2.74 bits per heavy atom. The molecular weight excluding hydrogens is 290 g/mol. The summed E-state index contributed by atoms with van der Waals surface area (Å²) in [6.45, 7) is 0.663. The normalized spacial score (nSPS) is 10.7. The molecule has 0 fully saturated rings. The molecule has 23 heavy (non-hydrogen) atoms. The highest BCUT2D eigenvalue weighted by Crippen LogP contribution is 2.17. The van der Waals surface area contributed by atoms with Crippen LogP contribution in [0.25, 0.3) is 10.9 Å². The minimum absolute atomic E-state index is 0.196. The maximum atomic E-state index is 12.2. The standard InChI is InChI=1S/C19H17NO3/c1-22-12-14-5-2-7-16(11-14)19(21)23-13-17-8-3-6-15-9-4-10-20-18(15)17/h2-11H,12-13H2,1H3. The van der Waals surface area contributed by atoms with Crippen LogP contribution in [0.15, 0.2) is 60.8 Å². The first-order valence-corrected chi connectivity index (χ1v) is 7.35. The number of nitrogens with zero attached hydrogens (tertiary/aromatic N) is 1. The lowest BCUT2D eigenvalue weighted by molar-refractivity contribution is 0.0474. The van der Waals surface area contributed by atoms with E-state index in [9.17, 15) is 4.79 Å². The van der Waals surface area contributed by atoms with E-state index in [0.29, 0.717) is 12.2 Å². The fourth-order valence-corrected chi connectivity index (χ4v) is 2.47. The molecular formula is C19H17NO3. The summed E-state index contributed by atoms with van der Waals surface area (Å²) in [5.74, 6) is -0.351. The molecule has 0 N–H and O–H groups in total. The van der Waals surface area contributed by atoms with Crippen molar-refractivity contribution in [2.45, 2.75) is 13.2 Å². The molecule has 0 aliphatic rings. The van der Waals surface area contributed by atoms with Crippen molar-refractivity contribution in [3.63, 3.8) is 0 Å². The lowest BCUT2D eigenvalue weighted by atomic mass is 10.1. The SMILES string of the molecule is COCc1cccc(C(=O)OCc2cccc3cccnc23)c1. The highest BCUT2D eigenvalue weighted by atomic mass is 16.5. The van der Waals surface area contributed by atoms with E-state index < -0.39 is 0 Å². The van der Waals surface area contributed by atoms with Gasteiger partial charge in [-0.25, -0.2) is 4.79 Å². The first-order chi connectivity index (χ1) is 11.3. The molecule has 0 amide bonds. The van der Waals surface area contributed by atoms with Crippen molar-refractivity contribution in [3.05, 3.63) is 77.5 Å². The number of esters is 1. The summed E-state index contributed by atoms with van der Waals surface area (Å²) < 4.78 is 10.5. The third-order valence-electron chi connectivity index (χ3n) is 3.55. The van der Waals surface area contributed by atoms with Gasteiger partial charge in [0.25, 0.3) is 0 Å². The lowest BCUT2D eigenvalue weighted by Crippen LogP contribution is -2.06. The quantitative estimate of drug-likeness (QED) is 0.674. The van der Waals surface area contributed by atoms with E-state index in [1.807, 2.05) is 42.5 Å². The number of aromatic nitrogens is 1. The van der Waals surface area contributed by atoms with E-state index in [-0.39, 0.29) is 12.6 Å². The van der Waals surface area contributed by atoms with Crippen molar-refractivity contribution in [2.75, 3.05) is 7.11 Å². The number of rotatable bonds is 5. The first kappa shape index (κ1) is 15.2. The lowest BCUT2D eigenvalue weighted by Gasteiger charge is -2.08. The second kappa shape index (κ2) is 7.03. The predicted molar refractivity (Wildman–Crippen MR) is 88.0 cm³/mol. The molecule has 0 radical (unpaired) electrons. The maximum Gasteiger partial charge on any atom is 0.338 e. The topological polar surface area (TPSA) is 48.4 Å². The molecule has 0 bridgehead atoms. The summed E-state index contributed by atoms with van der Waals surface area (Å²) in [7, 11) is 1.62. The molecule has 0 unspecified atom stereocenters. The molecule has 0 aliphatic heterocycles. The molecule has 0 spiro atoms. The van der Waals surface area contributed by atoms with E-state index in [1.165, 1.54) is 0 Å². The number of pyridine rings is 1. The van der Waals surface area contributed by atoms with Crippen molar-refractivity contribution in [2.24, 2.45) is 0 Å². The summed E-state index contributed by atoms with van der Waals surface area (Å²) >= 11 is 0. The molecule has 0 saturated heterocycles. The summed E-state index contributed by atoms with van der Waals surface area (Å²) in [5, 5.41) is 1.03. The molecule has 1 aromatic heterocycles. The van der Waals surface area contributed by atoms with Crippen molar-refractivity contribution in [3.8, 4) is 0 Å². The molecule has 0 atom stereocenters. The number of hydrogen-bond donors (Lipinski definition) is 0. The molecule has 4 heteroatoms. The minimum Gasteiger partial charge on any atom is -0.457 e. The molecule has 3 aromatic rings. The number of carbonyl (C=O) groups is 1. The van der Waals surface area contributed by atoms with Crippen LogP contribution in [-0.2, 0) is 22.7 Å². The zero-order valence-corrected chi connectivity index (χ0v) is 12.9. The highest BCUT2D eigenvalue weighted by molar-refractivity contribution is 5.90. The number of hydrogen-bond acceptors (Lipinski definition) is 4. The largest absolute Gasteiger partial charge is 0.457 e. The van der Waals surface area contributed by atoms with Gasteiger partial charge in [0.15, 0.2) is 0 Å². The average molecular weight is 307 g/mol. The van der Waals surface area contributed by atoms with Crippen LogP contribution in [-0.4, -0.2) is 18.1 Å². The fraction of sp³-hybridized carbons (Fsp3) is 0.158. The second-order valence-corrected chi connectivity index (χ2v) is 5.20. The van der Waals surface area contributed by atoms with E-state index >= 15 is 0 Å². The van der Waals surface area contributed by atoms with Crippen molar-refractivity contribution < 1.29 is 14.3 Å². The Balaban J connectivity index is 1.74. The van der Waals surface area contributed by atoms with Crippen LogP contribution in [0.1, 0.15) is 21.5 Å². The van der Waals surface area contributed by atoms with Crippen LogP contribution in [0.4, 0.5) is 0 Å². The molecule has 3 rings (SSSR count). The van der Waals surface area contributed by atoms with Crippen LogP contribution in [0.5, 0.6) is 0 Å². The Morgan fingerprint density at radius 2 is 1.87 bits per heavy atom. The molecule has 4 nitrogen and oxygen atoms in total. The number of para-hydroxylation sites is 1. The van der Waals surface area contributed by atoms with Crippen molar-refractivity contribution in [1.29, 1.82) is 0 Å². The smallest absolute Gasteiger partial charge is 0.338 e. The van der Waals surface area contributed by atoms with E-state index in [0.717, 1.165) is 22.0 Å². The maximum absolute atomic E-state index is 12.2. The molecule has 2 aromatic carbocycles. The monoisotopic (exact) mass is 307 g/mol. The van der Waals surface area contributed by atoms with Crippen molar-refractivity contribution in [1.82, 2.24) is 4.98 Å². The zero-order valence-electron chi connectivity index (χ0n) is 12.9. The third-order valence-corrected chi connectivity index (χ3v) is 3.55. The van der Waals surface area contributed by atoms with E-state index in [4.69, 9.17) is 9.47 Å². The second-order valence-electron chi connectivity index (χ2n) is 5.20. The summed E-state index contributed by atoms with van der Waals surface area (Å²) in [4.78, 5) is 16.6. The number of carbonyl (C=O) groups excluding carboxylic acids is 1. The molecule has 0 saturated carbocycles. The number of fused-ring (bicyclic) bond motifs is 1. The Morgan fingerprint density at radius 1 is 1.04 bits per heavy atom. The van der Waals surface area contributed by atoms with Crippen LogP contribution in [0, 0.1) is 0 Å². The Labute approximate surface area is 134 Å². The van der Waals surface area contributed by atoms with Gasteiger partial charge in [-0.3, -0.25) is 4.98 Å². The van der Waals surface area contributed by atoms with Gasteiger partial charge in [-0.05, 0) is 23.8 Å². The van der Waals surface area contributed by atoms with Gasteiger partial charge in [0.2, 0.25) is 0 Å². The van der Waals surface area contributed by atoms with Crippen LogP contribution in [0.2, 0.25) is 0 Å². The Bertz CT molecular complexity index is 824. The fourth-order valence-electron chi connectivity index (χ4n) is 2.47. The minimum atomic E-state index is -0.351. The molecule has 1 heterocycles. The van der Waals surface area contributed by atoms with E-state index in [2.05, 4.69) is 4.98 Å². The summed E-state index contributed by atoms with van der Waals surface area (Å²) in [6, 6.07) is 17.0. The van der Waals surface area contributed by atoms with Crippen LogP contribution >= 0.6 is 0 Å². The zero-order chi connectivity index (χ0) is 16.1. The molecule has 0 aliphatic carbocycles. The number of ether oxygens (including phenoxy) is 2. The van der Waals surface area contributed by atoms with E-state index in [1.54, 1.807) is 25.4 Å².